The molecule has 0 amide bonds. The Morgan fingerprint density at radius 3 is 2.33 bits per heavy atom. The molecule has 0 aromatic heterocycles. The van der Waals surface area contributed by atoms with Gasteiger partial charge in [-0.1, -0.05) is 24.3 Å². The topological polar surface area (TPSA) is 38.0 Å². The van der Waals surface area contributed by atoms with Crippen molar-refractivity contribution in [2.24, 2.45) is 5.73 Å². The molecule has 0 radical (unpaired) electrons. The highest BCUT2D eigenvalue weighted by molar-refractivity contribution is 5.38. The van der Waals surface area contributed by atoms with Gasteiger partial charge < -0.3 is 5.73 Å². The van der Waals surface area contributed by atoms with E-state index in [1.54, 1.807) is 0 Å². The Hall–Kier alpha value is -1.07. The van der Waals surface area contributed by atoms with Gasteiger partial charge in [-0.2, -0.15) is 13.2 Å². The van der Waals surface area contributed by atoms with Crippen molar-refractivity contribution in [1.82, 2.24) is 5.32 Å². The van der Waals surface area contributed by atoms with Crippen molar-refractivity contribution in [3.63, 3.8) is 0 Å². The lowest BCUT2D eigenvalue weighted by Crippen LogP contribution is -2.46. The maximum Gasteiger partial charge on any atom is 0.406 e. The van der Waals surface area contributed by atoms with E-state index in [4.69, 9.17) is 5.73 Å². The number of hydrogen-bond donors (Lipinski definition) is 2. The third-order valence-corrected chi connectivity index (χ3v) is 4.00. The number of benzene rings is 1. The van der Waals surface area contributed by atoms with Crippen molar-refractivity contribution in [2.75, 3.05) is 0 Å². The molecule has 2 unspecified atom stereocenters. The average molecular weight is 256 g/mol. The van der Waals surface area contributed by atoms with Crippen molar-refractivity contribution in [1.29, 1.82) is 0 Å². The molecule has 1 saturated carbocycles. The zero-order valence-electron chi connectivity index (χ0n) is 9.80. The number of halogens is 3. The molecule has 0 spiro atoms. The Kier molecular flexibility index (Phi) is 2.47. The number of hydrogen-bond acceptors (Lipinski definition) is 2. The molecule has 98 valence electrons. The van der Waals surface area contributed by atoms with E-state index < -0.39 is 11.7 Å². The van der Waals surface area contributed by atoms with Crippen LogP contribution in [0.25, 0.3) is 0 Å². The minimum absolute atomic E-state index is 0.164. The number of rotatable bonds is 2. The highest BCUT2D eigenvalue weighted by Gasteiger charge is 2.64. The lowest BCUT2D eigenvalue weighted by atomic mass is 10.1. The SMILES string of the molecule is NC1CC(NC2(C(F)(F)F)CC2)c2ccccc21. The van der Waals surface area contributed by atoms with Crippen molar-refractivity contribution < 1.29 is 13.2 Å². The van der Waals surface area contributed by atoms with Gasteiger partial charge in [0.15, 0.2) is 0 Å². The predicted octanol–water partition coefficient (Wildman–Crippen LogP) is 2.82. The van der Waals surface area contributed by atoms with Crippen LogP contribution in [0.2, 0.25) is 0 Å². The molecule has 3 N–H and O–H groups in total. The van der Waals surface area contributed by atoms with E-state index in [9.17, 15) is 13.2 Å². The summed E-state index contributed by atoms with van der Waals surface area (Å²) in [5, 5.41) is 2.79. The van der Waals surface area contributed by atoms with Gasteiger partial charge >= 0.3 is 6.18 Å². The van der Waals surface area contributed by atoms with E-state index >= 15 is 0 Å². The van der Waals surface area contributed by atoms with Crippen molar-refractivity contribution in [3.05, 3.63) is 35.4 Å². The molecular formula is C13H15F3N2. The molecule has 1 aromatic carbocycles. The van der Waals surface area contributed by atoms with Crippen LogP contribution >= 0.6 is 0 Å². The van der Waals surface area contributed by atoms with Gasteiger partial charge in [0.05, 0.1) is 0 Å². The second-order valence-electron chi connectivity index (χ2n) is 5.25. The molecule has 0 heterocycles. The molecule has 1 fully saturated rings. The van der Waals surface area contributed by atoms with Gasteiger partial charge in [0.2, 0.25) is 0 Å². The number of fused-ring (bicyclic) bond motifs is 1. The molecular weight excluding hydrogens is 241 g/mol. The van der Waals surface area contributed by atoms with Crippen LogP contribution in [-0.2, 0) is 0 Å². The molecule has 0 bridgehead atoms. The van der Waals surface area contributed by atoms with Crippen molar-refractivity contribution >= 4 is 0 Å². The van der Waals surface area contributed by atoms with Crippen LogP contribution in [0.15, 0.2) is 24.3 Å². The third kappa shape index (κ3) is 1.73. The van der Waals surface area contributed by atoms with Crippen LogP contribution in [0, 0.1) is 0 Å². The average Bonchev–Trinajstić information content (AvgIpc) is 3.02. The summed E-state index contributed by atoms with van der Waals surface area (Å²) < 4.78 is 38.8. The van der Waals surface area contributed by atoms with Gasteiger partial charge in [-0.05, 0) is 30.4 Å². The van der Waals surface area contributed by atoms with E-state index in [1.807, 2.05) is 24.3 Å². The normalized spacial score (nSPS) is 29.1. The van der Waals surface area contributed by atoms with Gasteiger partial charge in [0.25, 0.3) is 0 Å². The first kappa shape index (κ1) is 12.0. The highest BCUT2D eigenvalue weighted by Crippen LogP contribution is 2.52. The maximum absolute atomic E-state index is 12.9. The first-order valence-electron chi connectivity index (χ1n) is 6.12. The Bertz CT molecular complexity index is 466. The van der Waals surface area contributed by atoms with E-state index in [-0.39, 0.29) is 24.9 Å². The summed E-state index contributed by atoms with van der Waals surface area (Å²) >= 11 is 0. The van der Waals surface area contributed by atoms with Crippen molar-refractivity contribution in [3.8, 4) is 0 Å². The van der Waals surface area contributed by atoms with E-state index in [0.29, 0.717) is 6.42 Å². The quantitative estimate of drug-likeness (QED) is 0.854. The summed E-state index contributed by atoms with van der Waals surface area (Å²) in [4.78, 5) is 0. The van der Waals surface area contributed by atoms with Crippen LogP contribution < -0.4 is 11.1 Å². The molecule has 1 aromatic rings. The molecule has 2 aliphatic rings. The van der Waals surface area contributed by atoms with Gasteiger partial charge in [-0.15, -0.1) is 0 Å². The lowest BCUT2D eigenvalue weighted by molar-refractivity contribution is -0.168. The van der Waals surface area contributed by atoms with E-state index in [1.165, 1.54) is 0 Å². The third-order valence-electron chi connectivity index (χ3n) is 4.00. The minimum atomic E-state index is -4.17. The number of nitrogens with two attached hydrogens (primary N) is 1. The Balaban J connectivity index is 1.84. The zero-order chi connectivity index (χ0) is 13.0. The summed E-state index contributed by atoms with van der Waals surface area (Å²) in [6.45, 7) is 0. The van der Waals surface area contributed by atoms with Crippen LogP contribution in [0.4, 0.5) is 13.2 Å². The number of nitrogens with one attached hydrogen (secondary N) is 1. The molecule has 18 heavy (non-hydrogen) atoms. The molecule has 2 aliphatic carbocycles. The Labute approximate surface area is 103 Å². The highest BCUT2D eigenvalue weighted by atomic mass is 19.4. The fourth-order valence-electron chi connectivity index (χ4n) is 2.78. The van der Waals surface area contributed by atoms with Crippen molar-refractivity contribution in [2.45, 2.75) is 43.1 Å². The minimum Gasteiger partial charge on any atom is -0.324 e. The molecule has 5 heteroatoms. The second-order valence-corrected chi connectivity index (χ2v) is 5.25. The first-order valence-corrected chi connectivity index (χ1v) is 6.12. The van der Waals surface area contributed by atoms with Gasteiger partial charge in [0, 0.05) is 12.1 Å². The zero-order valence-corrected chi connectivity index (χ0v) is 9.80. The predicted molar refractivity (Wildman–Crippen MR) is 61.9 cm³/mol. The number of alkyl halides is 3. The van der Waals surface area contributed by atoms with Gasteiger partial charge in [-0.25, -0.2) is 0 Å². The van der Waals surface area contributed by atoms with E-state index in [2.05, 4.69) is 5.32 Å². The summed E-state index contributed by atoms with van der Waals surface area (Å²) in [5.41, 5.74) is 6.17. The maximum atomic E-state index is 12.9. The smallest absolute Gasteiger partial charge is 0.324 e. The fourth-order valence-corrected chi connectivity index (χ4v) is 2.78. The van der Waals surface area contributed by atoms with Gasteiger partial charge in [-0.3, -0.25) is 5.32 Å². The summed E-state index contributed by atoms with van der Waals surface area (Å²) in [6, 6.07) is 7.04. The van der Waals surface area contributed by atoms with Crippen LogP contribution in [0.3, 0.4) is 0 Å². The summed E-state index contributed by atoms with van der Waals surface area (Å²) in [7, 11) is 0. The largest absolute Gasteiger partial charge is 0.406 e. The summed E-state index contributed by atoms with van der Waals surface area (Å²) in [5.74, 6) is 0. The molecule has 2 nitrogen and oxygen atoms in total. The Morgan fingerprint density at radius 1 is 1.17 bits per heavy atom. The van der Waals surface area contributed by atoms with Gasteiger partial charge in [0.1, 0.15) is 5.54 Å². The standard InChI is InChI=1S/C13H15F3N2/c14-13(15,16)12(5-6-12)18-11-7-10(17)8-3-1-2-4-9(8)11/h1-4,10-11,18H,5-7,17H2. The van der Waals surface area contributed by atoms with Crippen LogP contribution in [-0.4, -0.2) is 11.7 Å². The second kappa shape index (κ2) is 3.71. The lowest BCUT2D eigenvalue weighted by Gasteiger charge is -2.25. The summed E-state index contributed by atoms with van der Waals surface area (Å²) in [6.07, 6.45) is -3.29. The fraction of sp³-hybridized carbons (Fsp3) is 0.538. The monoisotopic (exact) mass is 256 g/mol. The molecule has 0 aliphatic heterocycles. The molecule has 0 saturated heterocycles. The van der Waals surface area contributed by atoms with Crippen LogP contribution in [0.5, 0.6) is 0 Å². The first-order chi connectivity index (χ1) is 8.43. The molecule has 2 atom stereocenters. The van der Waals surface area contributed by atoms with E-state index in [0.717, 1.165) is 11.1 Å². The van der Waals surface area contributed by atoms with Crippen LogP contribution in [0.1, 0.15) is 42.5 Å². The Morgan fingerprint density at radius 2 is 1.78 bits per heavy atom. The molecule has 3 rings (SSSR count).